The van der Waals surface area contributed by atoms with Gasteiger partial charge in [-0.25, -0.2) is 8.78 Å². The highest BCUT2D eigenvalue weighted by Crippen LogP contribution is 2.22. The first kappa shape index (κ1) is 20.9. The Morgan fingerprint density at radius 3 is 2.31 bits per heavy atom. The zero-order valence-electron chi connectivity index (χ0n) is 16.2. The summed E-state index contributed by atoms with van der Waals surface area (Å²) in [6.07, 6.45) is 0. The van der Waals surface area contributed by atoms with Crippen molar-refractivity contribution in [2.24, 2.45) is 0 Å². The number of nitrogens with zero attached hydrogens (tertiary/aromatic N) is 2. The molecule has 1 aliphatic rings. The summed E-state index contributed by atoms with van der Waals surface area (Å²) in [5.41, 5.74) is 1.07. The average molecular weight is 402 g/mol. The van der Waals surface area contributed by atoms with Crippen molar-refractivity contribution < 1.29 is 18.4 Å². The normalized spacial score (nSPS) is 16.2. The van der Waals surface area contributed by atoms with E-state index in [0.717, 1.165) is 37.8 Å². The fourth-order valence-corrected chi connectivity index (χ4v) is 3.30. The Labute approximate surface area is 168 Å². The summed E-state index contributed by atoms with van der Waals surface area (Å²) >= 11 is 0. The van der Waals surface area contributed by atoms with Gasteiger partial charge in [0.2, 0.25) is 0 Å². The molecule has 2 N–H and O–H groups in total. The van der Waals surface area contributed by atoms with Crippen LogP contribution >= 0.6 is 0 Å². The number of carbonyl (C=O) groups is 2. The number of nitrogens with one attached hydrogen (secondary N) is 2. The third-order valence-corrected chi connectivity index (χ3v) is 4.98. The second kappa shape index (κ2) is 9.58. The molecule has 0 aliphatic carbocycles. The van der Waals surface area contributed by atoms with Crippen molar-refractivity contribution in [3.63, 3.8) is 0 Å². The maximum Gasteiger partial charge on any atom is 0.313 e. The number of amides is 2. The largest absolute Gasteiger partial charge is 0.346 e. The maximum atomic E-state index is 13.3. The second-order valence-electron chi connectivity index (χ2n) is 7.08. The first-order valence-electron chi connectivity index (χ1n) is 9.45. The molecule has 0 spiro atoms. The number of halogens is 2. The minimum absolute atomic E-state index is 0.185. The molecular weight excluding hydrogens is 378 g/mol. The van der Waals surface area contributed by atoms with Crippen molar-refractivity contribution in [2.75, 3.05) is 45.1 Å². The number of hydrogen-bond acceptors (Lipinski definition) is 4. The lowest BCUT2D eigenvalue weighted by Crippen LogP contribution is -2.49. The van der Waals surface area contributed by atoms with E-state index in [4.69, 9.17) is 0 Å². The molecule has 1 heterocycles. The van der Waals surface area contributed by atoms with Crippen LogP contribution in [0.5, 0.6) is 0 Å². The Kier molecular flexibility index (Phi) is 6.90. The van der Waals surface area contributed by atoms with E-state index in [-0.39, 0.29) is 24.1 Å². The molecule has 0 radical (unpaired) electrons. The van der Waals surface area contributed by atoms with Gasteiger partial charge in [0, 0.05) is 38.4 Å². The molecular formula is C21H24F2N4O2. The third kappa shape index (κ3) is 5.82. The molecule has 1 aliphatic heterocycles. The van der Waals surface area contributed by atoms with Crippen molar-refractivity contribution in [2.45, 2.75) is 6.04 Å². The van der Waals surface area contributed by atoms with Gasteiger partial charge >= 0.3 is 11.8 Å². The van der Waals surface area contributed by atoms with Gasteiger partial charge in [-0.3, -0.25) is 14.5 Å². The van der Waals surface area contributed by atoms with E-state index >= 15 is 0 Å². The highest BCUT2D eigenvalue weighted by molar-refractivity contribution is 6.39. The standard InChI is InChI=1S/C21H24F2N4O2/c1-26-9-11-27(12-10-26)19(15-5-7-16(22)8-6-15)14-24-20(28)21(29)25-18-4-2-3-17(23)13-18/h2-8,13,19H,9-12,14H2,1H3,(H,24,28)(H,25,29)/t19-/m0/s1. The zero-order chi connectivity index (χ0) is 20.8. The van der Waals surface area contributed by atoms with Gasteiger partial charge in [-0.2, -0.15) is 0 Å². The van der Waals surface area contributed by atoms with Crippen LogP contribution in [-0.2, 0) is 9.59 Å². The molecule has 2 aromatic rings. The van der Waals surface area contributed by atoms with Gasteiger partial charge in [-0.1, -0.05) is 18.2 Å². The summed E-state index contributed by atoms with van der Waals surface area (Å²) in [4.78, 5) is 28.8. The molecule has 1 fully saturated rings. The van der Waals surface area contributed by atoms with E-state index < -0.39 is 17.6 Å². The Morgan fingerprint density at radius 1 is 0.966 bits per heavy atom. The molecule has 1 atom stereocenters. The molecule has 2 amide bonds. The lowest BCUT2D eigenvalue weighted by molar-refractivity contribution is -0.136. The summed E-state index contributed by atoms with van der Waals surface area (Å²) < 4.78 is 26.6. The molecule has 8 heteroatoms. The van der Waals surface area contributed by atoms with Crippen LogP contribution in [0.25, 0.3) is 0 Å². The van der Waals surface area contributed by atoms with Crippen molar-refractivity contribution >= 4 is 17.5 Å². The number of rotatable bonds is 5. The third-order valence-electron chi connectivity index (χ3n) is 4.98. The van der Waals surface area contributed by atoms with Crippen LogP contribution in [-0.4, -0.2) is 61.4 Å². The van der Waals surface area contributed by atoms with E-state index in [1.807, 2.05) is 7.05 Å². The predicted molar refractivity (Wildman–Crippen MR) is 106 cm³/mol. The number of carbonyl (C=O) groups excluding carboxylic acids is 2. The van der Waals surface area contributed by atoms with Crippen LogP contribution in [0.4, 0.5) is 14.5 Å². The van der Waals surface area contributed by atoms with Gasteiger partial charge in [0.1, 0.15) is 11.6 Å². The molecule has 29 heavy (non-hydrogen) atoms. The van der Waals surface area contributed by atoms with Crippen molar-refractivity contribution in [3.05, 3.63) is 65.7 Å². The van der Waals surface area contributed by atoms with Gasteiger partial charge in [0.15, 0.2) is 0 Å². The minimum Gasteiger partial charge on any atom is -0.346 e. The van der Waals surface area contributed by atoms with E-state index in [1.54, 1.807) is 12.1 Å². The van der Waals surface area contributed by atoms with E-state index in [0.29, 0.717) is 0 Å². The molecule has 0 unspecified atom stereocenters. The smallest absolute Gasteiger partial charge is 0.313 e. The number of likely N-dealkylation sites (N-methyl/N-ethyl adjacent to an activating group) is 1. The highest BCUT2D eigenvalue weighted by atomic mass is 19.1. The van der Waals surface area contributed by atoms with Crippen LogP contribution in [0.1, 0.15) is 11.6 Å². The van der Waals surface area contributed by atoms with Crippen LogP contribution in [0, 0.1) is 11.6 Å². The van der Waals surface area contributed by atoms with E-state index in [2.05, 4.69) is 20.4 Å². The number of hydrogen-bond donors (Lipinski definition) is 2. The first-order chi connectivity index (χ1) is 13.9. The SMILES string of the molecule is CN1CCN([C@@H](CNC(=O)C(=O)Nc2cccc(F)c2)c2ccc(F)cc2)CC1. The first-order valence-corrected chi connectivity index (χ1v) is 9.45. The van der Waals surface area contributed by atoms with Gasteiger partial charge in [-0.05, 0) is 42.9 Å². The lowest BCUT2D eigenvalue weighted by atomic mass is 10.0. The maximum absolute atomic E-state index is 13.3. The topological polar surface area (TPSA) is 64.7 Å². The Hall–Kier alpha value is -2.84. The molecule has 2 aromatic carbocycles. The summed E-state index contributed by atoms with van der Waals surface area (Å²) in [5, 5.41) is 5.02. The molecule has 6 nitrogen and oxygen atoms in total. The van der Waals surface area contributed by atoms with E-state index in [9.17, 15) is 18.4 Å². The number of anilines is 1. The van der Waals surface area contributed by atoms with Crippen LogP contribution in [0.15, 0.2) is 48.5 Å². The molecule has 0 bridgehead atoms. The lowest BCUT2D eigenvalue weighted by Gasteiger charge is -2.38. The van der Waals surface area contributed by atoms with Crippen LogP contribution in [0.2, 0.25) is 0 Å². The van der Waals surface area contributed by atoms with Gasteiger partial charge in [0.05, 0.1) is 6.04 Å². The van der Waals surface area contributed by atoms with Crippen LogP contribution < -0.4 is 10.6 Å². The van der Waals surface area contributed by atoms with Crippen molar-refractivity contribution in [1.82, 2.24) is 15.1 Å². The molecule has 154 valence electrons. The molecule has 0 saturated carbocycles. The second-order valence-corrected chi connectivity index (χ2v) is 7.08. The summed E-state index contributed by atoms with van der Waals surface area (Å²) in [6.45, 7) is 3.55. The fraction of sp³-hybridized carbons (Fsp3) is 0.333. The van der Waals surface area contributed by atoms with Gasteiger partial charge in [-0.15, -0.1) is 0 Å². The van der Waals surface area contributed by atoms with Crippen molar-refractivity contribution in [3.8, 4) is 0 Å². The minimum atomic E-state index is -0.869. The highest BCUT2D eigenvalue weighted by Gasteiger charge is 2.25. The van der Waals surface area contributed by atoms with Gasteiger partial charge < -0.3 is 15.5 Å². The van der Waals surface area contributed by atoms with Gasteiger partial charge in [0.25, 0.3) is 0 Å². The zero-order valence-corrected chi connectivity index (χ0v) is 16.2. The fourth-order valence-electron chi connectivity index (χ4n) is 3.30. The quantitative estimate of drug-likeness (QED) is 0.751. The number of piperazine rings is 1. The summed E-state index contributed by atoms with van der Waals surface area (Å²) in [6, 6.07) is 11.3. The Bertz CT molecular complexity index is 852. The molecule has 1 saturated heterocycles. The van der Waals surface area contributed by atoms with Crippen LogP contribution in [0.3, 0.4) is 0 Å². The monoisotopic (exact) mass is 402 g/mol. The van der Waals surface area contributed by atoms with Crippen molar-refractivity contribution in [1.29, 1.82) is 0 Å². The number of benzene rings is 2. The summed E-state index contributed by atoms with van der Waals surface area (Å²) in [7, 11) is 2.04. The molecule has 0 aromatic heterocycles. The average Bonchev–Trinajstić information content (AvgIpc) is 2.70. The Balaban J connectivity index is 1.64. The predicted octanol–water partition coefficient (Wildman–Crippen LogP) is 2.01. The van der Waals surface area contributed by atoms with E-state index in [1.165, 1.54) is 30.3 Å². The Morgan fingerprint density at radius 2 is 1.66 bits per heavy atom. The summed E-state index contributed by atoms with van der Waals surface area (Å²) in [5.74, 6) is -2.51. The molecule has 3 rings (SSSR count).